The Morgan fingerprint density at radius 1 is 1.04 bits per heavy atom. The highest BCUT2D eigenvalue weighted by atomic mass is 32.2. The van der Waals surface area contributed by atoms with Crippen molar-refractivity contribution < 1.29 is 17.6 Å². The van der Waals surface area contributed by atoms with Crippen LogP contribution in [0.25, 0.3) is 11.0 Å². The Labute approximate surface area is 158 Å². The van der Waals surface area contributed by atoms with Crippen LogP contribution in [0.15, 0.2) is 51.8 Å². The van der Waals surface area contributed by atoms with Crippen molar-refractivity contribution in [2.45, 2.75) is 38.5 Å². The summed E-state index contributed by atoms with van der Waals surface area (Å²) >= 11 is 0. The monoisotopic (exact) mass is 383 g/mol. The Balaban J connectivity index is 1.73. The fourth-order valence-corrected chi connectivity index (χ4v) is 4.64. The number of carbonyl (C=O) groups is 1. The van der Waals surface area contributed by atoms with E-state index in [-0.39, 0.29) is 16.1 Å². The van der Waals surface area contributed by atoms with Crippen LogP contribution in [0.3, 0.4) is 0 Å². The molecule has 1 aromatic heterocycles. The molecule has 0 saturated carbocycles. The number of hydrogen-bond donors (Lipinski definition) is 1. The quantitative estimate of drug-likeness (QED) is 0.711. The Kier molecular flexibility index (Phi) is 3.93. The number of hydrogen-bond acceptors (Lipinski definition) is 4. The molecule has 0 saturated heterocycles. The molecule has 0 aliphatic heterocycles. The molecular weight excluding hydrogens is 362 g/mol. The first-order valence-electron chi connectivity index (χ1n) is 8.83. The lowest BCUT2D eigenvalue weighted by Gasteiger charge is -2.27. The van der Waals surface area contributed by atoms with E-state index in [2.05, 4.69) is 4.72 Å². The van der Waals surface area contributed by atoms with Crippen LogP contribution in [0.2, 0.25) is 0 Å². The summed E-state index contributed by atoms with van der Waals surface area (Å²) in [6.07, 6.45) is 1.14. The highest BCUT2D eigenvalue weighted by Crippen LogP contribution is 2.40. The van der Waals surface area contributed by atoms with Gasteiger partial charge in [-0.3, -0.25) is 9.52 Å². The minimum absolute atomic E-state index is 0.0403. The first-order chi connectivity index (χ1) is 12.6. The van der Waals surface area contributed by atoms with Crippen molar-refractivity contribution >= 4 is 32.5 Å². The lowest BCUT2D eigenvalue weighted by Crippen LogP contribution is -2.25. The number of rotatable bonds is 3. The van der Waals surface area contributed by atoms with E-state index in [9.17, 15) is 13.2 Å². The average molecular weight is 383 g/mol. The zero-order valence-electron chi connectivity index (χ0n) is 15.5. The zero-order chi connectivity index (χ0) is 19.4. The topological polar surface area (TPSA) is 76.4 Å². The Bertz CT molecular complexity index is 1150. The van der Waals surface area contributed by atoms with E-state index in [1.165, 1.54) is 0 Å². The number of aryl methyl sites for hydroxylation is 1. The molecule has 0 unspecified atom stereocenters. The molecule has 5 nitrogen and oxygen atoms in total. The molecule has 0 fully saturated rings. The predicted octanol–water partition coefficient (Wildman–Crippen LogP) is 4.70. The lowest BCUT2D eigenvalue weighted by molar-refractivity contribution is 0.0906. The number of sulfonamides is 1. The van der Waals surface area contributed by atoms with E-state index in [4.69, 9.17) is 4.42 Å². The number of nitrogens with one attached hydrogen (secondary N) is 1. The number of carbonyl (C=O) groups excluding carboxylic acids is 1. The van der Waals surface area contributed by atoms with Gasteiger partial charge in [0.05, 0.1) is 10.5 Å². The molecule has 0 spiro atoms. The van der Waals surface area contributed by atoms with Crippen LogP contribution < -0.4 is 4.72 Å². The van der Waals surface area contributed by atoms with Gasteiger partial charge in [-0.15, -0.1) is 0 Å². The highest BCUT2D eigenvalue weighted by molar-refractivity contribution is 7.92. The van der Waals surface area contributed by atoms with Crippen molar-refractivity contribution in [2.75, 3.05) is 4.72 Å². The SMILES string of the molecule is Cc1ccc(S(=O)(=O)Nc2ccc3oc4c(c3c2)C(=O)CC(C)(C)C4)cc1. The molecule has 27 heavy (non-hydrogen) atoms. The van der Waals surface area contributed by atoms with Gasteiger partial charge in [-0.25, -0.2) is 8.42 Å². The number of ketones is 1. The second-order valence-electron chi connectivity index (χ2n) is 7.97. The number of furan rings is 1. The molecule has 0 radical (unpaired) electrons. The summed E-state index contributed by atoms with van der Waals surface area (Å²) < 4.78 is 33.7. The molecule has 2 aromatic carbocycles. The summed E-state index contributed by atoms with van der Waals surface area (Å²) in [5.41, 5.74) is 2.45. The third kappa shape index (κ3) is 3.25. The van der Waals surface area contributed by atoms with Crippen LogP contribution >= 0.6 is 0 Å². The van der Waals surface area contributed by atoms with Crippen molar-refractivity contribution in [3.63, 3.8) is 0 Å². The van der Waals surface area contributed by atoms with Crippen molar-refractivity contribution in [1.82, 2.24) is 0 Å². The molecule has 1 aliphatic rings. The summed E-state index contributed by atoms with van der Waals surface area (Å²) in [6.45, 7) is 5.99. The van der Waals surface area contributed by atoms with Gasteiger partial charge in [0.25, 0.3) is 10.0 Å². The van der Waals surface area contributed by atoms with Gasteiger partial charge in [-0.1, -0.05) is 31.5 Å². The van der Waals surface area contributed by atoms with E-state index in [1.54, 1.807) is 42.5 Å². The molecule has 1 aliphatic carbocycles. The number of Topliss-reactive ketones (excluding diaryl/α,β-unsaturated/α-hetero) is 1. The third-order valence-corrected chi connectivity index (χ3v) is 6.30. The van der Waals surface area contributed by atoms with E-state index >= 15 is 0 Å². The molecule has 0 atom stereocenters. The summed E-state index contributed by atoms with van der Waals surface area (Å²) in [5, 5.41) is 0.662. The molecule has 0 amide bonds. The van der Waals surface area contributed by atoms with Crippen LogP contribution in [-0.2, 0) is 16.4 Å². The van der Waals surface area contributed by atoms with E-state index in [1.807, 2.05) is 20.8 Å². The number of benzene rings is 2. The van der Waals surface area contributed by atoms with E-state index in [0.29, 0.717) is 40.8 Å². The first kappa shape index (κ1) is 17.8. The Morgan fingerprint density at radius 2 is 1.74 bits per heavy atom. The van der Waals surface area contributed by atoms with E-state index in [0.717, 1.165) is 5.56 Å². The lowest BCUT2D eigenvalue weighted by atomic mass is 9.76. The maximum absolute atomic E-state index is 12.6. The molecule has 6 heteroatoms. The van der Waals surface area contributed by atoms with Gasteiger partial charge in [0.2, 0.25) is 0 Å². The molecule has 3 aromatic rings. The minimum atomic E-state index is -3.70. The minimum Gasteiger partial charge on any atom is -0.460 e. The predicted molar refractivity (Wildman–Crippen MR) is 105 cm³/mol. The summed E-state index contributed by atoms with van der Waals surface area (Å²) in [4.78, 5) is 12.8. The van der Waals surface area contributed by atoms with Gasteiger partial charge in [0, 0.05) is 23.9 Å². The normalized spacial score (nSPS) is 16.3. The smallest absolute Gasteiger partial charge is 0.261 e. The highest BCUT2D eigenvalue weighted by Gasteiger charge is 2.35. The van der Waals surface area contributed by atoms with Crippen LogP contribution in [0.4, 0.5) is 5.69 Å². The summed E-state index contributed by atoms with van der Waals surface area (Å²) in [5.74, 6) is 0.725. The van der Waals surface area contributed by atoms with Crippen LogP contribution in [0, 0.1) is 12.3 Å². The molecule has 140 valence electrons. The summed E-state index contributed by atoms with van der Waals surface area (Å²) in [7, 11) is -3.70. The number of fused-ring (bicyclic) bond motifs is 3. The number of anilines is 1. The average Bonchev–Trinajstić information content (AvgIpc) is 2.91. The molecule has 1 N–H and O–H groups in total. The van der Waals surface area contributed by atoms with Crippen LogP contribution in [0.1, 0.15) is 41.9 Å². The standard InChI is InChI=1S/C21H21NO4S/c1-13-4-7-15(8-5-13)27(24,25)22-14-6-9-18-16(10-14)20-17(23)11-21(2,3)12-19(20)26-18/h4-10,22H,11-12H2,1-3H3. The second-order valence-corrected chi connectivity index (χ2v) is 9.65. The second kappa shape index (κ2) is 5.96. The maximum atomic E-state index is 12.6. The van der Waals surface area contributed by atoms with Crippen molar-refractivity contribution in [2.24, 2.45) is 5.41 Å². The van der Waals surface area contributed by atoms with Gasteiger partial charge in [-0.2, -0.15) is 0 Å². The Hall–Kier alpha value is -2.60. The van der Waals surface area contributed by atoms with E-state index < -0.39 is 10.0 Å². The molecule has 1 heterocycles. The Morgan fingerprint density at radius 3 is 2.44 bits per heavy atom. The summed E-state index contributed by atoms with van der Waals surface area (Å²) in [6, 6.07) is 11.7. The van der Waals surface area contributed by atoms with Gasteiger partial charge in [0.15, 0.2) is 5.78 Å². The van der Waals surface area contributed by atoms with Crippen LogP contribution in [-0.4, -0.2) is 14.2 Å². The van der Waals surface area contributed by atoms with Gasteiger partial charge in [-0.05, 0) is 42.7 Å². The van der Waals surface area contributed by atoms with Crippen molar-refractivity contribution in [1.29, 1.82) is 0 Å². The largest absolute Gasteiger partial charge is 0.460 e. The van der Waals surface area contributed by atoms with Gasteiger partial charge >= 0.3 is 0 Å². The van der Waals surface area contributed by atoms with Crippen LogP contribution in [0.5, 0.6) is 0 Å². The fraction of sp³-hybridized carbons (Fsp3) is 0.286. The fourth-order valence-electron chi connectivity index (χ4n) is 3.59. The van der Waals surface area contributed by atoms with Gasteiger partial charge in [0.1, 0.15) is 11.3 Å². The zero-order valence-corrected chi connectivity index (χ0v) is 16.3. The van der Waals surface area contributed by atoms with Crippen molar-refractivity contribution in [3.05, 3.63) is 59.4 Å². The third-order valence-electron chi connectivity index (χ3n) is 4.90. The first-order valence-corrected chi connectivity index (χ1v) is 10.3. The molecular formula is C21H21NO4S. The maximum Gasteiger partial charge on any atom is 0.261 e. The molecule has 4 rings (SSSR count). The van der Waals surface area contributed by atoms with Crippen molar-refractivity contribution in [3.8, 4) is 0 Å². The molecule has 0 bridgehead atoms. The van der Waals surface area contributed by atoms with Gasteiger partial charge < -0.3 is 4.42 Å².